The van der Waals surface area contributed by atoms with Crippen LogP contribution in [0.4, 0.5) is 0 Å². The van der Waals surface area contributed by atoms with E-state index in [1.165, 1.54) is 6.20 Å². The number of fused-ring (bicyclic) bond motifs is 1. The summed E-state index contributed by atoms with van der Waals surface area (Å²) in [5, 5.41) is 14.1. The van der Waals surface area contributed by atoms with Crippen LogP contribution in [0.15, 0.2) is 24.8 Å². The molecule has 8 heteroatoms. The normalized spacial score (nSPS) is 11.0. The predicted octanol–water partition coefficient (Wildman–Crippen LogP) is 1.93. The maximum absolute atomic E-state index is 11.1. The Morgan fingerprint density at radius 1 is 1.33 bits per heavy atom. The van der Waals surface area contributed by atoms with Crippen LogP contribution in [0.5, 0.6) is 0 Å². The molecule has 0 aliphatic rings. The van der Waals surface area contributed by atoms with E-state index in [-0.39, 0.29) is 10.6 Å². The second kappa shape index (κ2) is 5.10. The highest BCUT2D eigenvalue weighted by Gasteiger charge is 2.18. The van der Waals surface area contributed by atoms with Gasteiger partial charge in [0, 0.05) is 18.6 Å². The van der Waals surface area contributed by atoms with E-state index >= 15 is 0 Å². The standard InChI is InChI=1S/C13H10ClN5O2/c1-7-10-11(14)9(13(20)21)5-17-12(10)19(18-7)6-8-4-15-2-3-16-8/h2-5H,6H2,1H3,(H,20,21). The summed E-state index contributed by atoms with van der Waals surface area (Å²) in [6.07, 6.45) is 6.05. The molecule has 106 valence electrons. The van der Waals surface area contributed by atoms with Gasteiger partial charge in [-0.1, -0.05) is 11.6 Å². The fourth-order valence-corrected chi connectivity index (χ4v) is 2.45. The molecule has 7 nitrogen and oxygen atoms in total. The number of hydrogen-bond acceptors (Lipinski definition) is 5. The first-order valence-electron chi connectivity index (χ1n) is 6.07. The van der Waals surface area contributed by atoms with Crippen LogP contribution in [0.2, 0.25) is 5.02 Å². The summed E-state index contributed by atoms with van der Waals surface area (Å²) in [5.74, 6) is -1.12. The molecule has 0 aliphatic carbocycles. The van der Waals surface area contributed by atoms with Crippen molar-refractivity contribution in [3.63, 3.8) is 0 Å². The molecule has 0 saturated carbocycles. The monoisotopic (exact) mass is 303 g/mol. The minimum absolute atomic E-state index is 0.0358. The van der Waals surface area contributed by atoms with Crippen LogP contribution in [-0.2, 0) is 6.54 Å². The Hall–Kier alpha value is -2.54. The smallest absolute Gasteiger partial charge is 0.338 e. The third-order valence-electron chi connectivity index (χ3n) is 3.03. The van der Waals surface area contributed by atoms with Gasteiger partial charge in [0.15, 0.2) is 5.65 Å². The van der Waals surface area contributed by atoms with Crippen LogP contribution in [0.25, 0.3) is 11.0 Å². The molecule has 21 heavy (non-hydrogen) atoms. The number of pyridine rings is 1. The molecule has 3 rings (SSSR count). The van der Waals surface area contributed by atoms with E-state index in [1.807, 2.05) is 0 Å². The van der Waals surface area contributed by atoms with Gasteiger partial charge in [-0.15, -0.1) is 0 Å². The third-order valence-corrected chi connectivity index (χ3v) is 3.42. The summed E-state index contributed by atoms with van der Waals surface area (Å²) >= 11 is 6.16. The number of carboxylic acid groups (broad SMARTS) is 1. The van der Waals surface area contributed by atoms with Crippen molar-refractivity contribution < 1.29 is 9.90 Å². The summed E-state index contributed by atoms with van der Waals surface area (Å²) in [6.45, 7) is 2.14. The predicted molar refractivity (Wildman–Crippen MR) is 75.4 cm³/mol. The van der Waals surface area contributed by atoms with Gasteiger partial charge >= 0.3 is 5.97 Å². The molecular weight excluding hydrogens is 294 g/mol. The average molecular weight is 304 g/mol. The van der Waals surface area contributed by atoms with Gasteiger partial charge in [-0.3, -0.25) is 9.97 Å². The highest BCUT2D eigenvalue weighted by Crippen LogP contribution is 2.28. The lowest BCUT2D eigenvalue weighted by molar-refractivity contribution is 0.0697. The summed E-state index contributed by atoms with van der Waals surface area (Å²) < 4.78 is 1.63. The van der Waals surface area contributed by atoms with Crippen molar-refractivity contribution in [2.75, 3.05) is 0 Å². The molecule has 3 aromatic rings. The van der Waals surface area contributed by atoms with Gasteiger partial charge in [0.05, 0.1) is 40.1 Å². The number of carbonyl (C=O) groups is 1. The van der Waals surface area contributed by atoms with Gasteiger partial charge in [0.1, 0.15) is 0 Å². The minimum Gasteiger partial charge on any atom is -0.478 e. The zero-order chi connectivity index (χ0) is 15.0. The maximum Gasteiger partial charge on any atom is 0.338 e. The van der Waals surface area contributed by atoms with Crippen molar-refractivity contribution in [3.8, 4) is 0 Å². The van der Waals surface area contributed by atoms with E-state index in [1.54, 1.807) is 30.2 Å². The SMILES string of the molecule is Cc1nn(Cc2cnccn2)c2ncc(C(=O)O)c(Cl)c12. The van der Waals surface area contributed by atoms with Crippen molar-refractivity contribution >= 4 is 28.6 Å². The highest BCUT2D eigenvalue weighted by atomic mass is 35.5. The molecule has 1 N–H and O–H groups in total. The summed E-state index contributed by atoms with van der Waals surface area (Å²) in [5.41, 5.74) is 1.83. The second-order valence-corrected chi connectivity index (χ2v) is 4.81. The van der Waals surface area contributed by atoms with E-state index in [9.17, 15) is 4.79 Å². The quantitative estimate of drug-likeness (QED) is 0.794. The summed E-state index contributed by atoms with van der Waals surface area (Å²) in [7, 11) is 0. The largest absolute Gasteiger partial charge is 0.478 e. The van der Waals surface area contributed by atoms with Crippen LogP contribution in [-0.4, -0.2) is 35.8 Å². The Morgan fingerprint density at radius 3 is 2.81 bits per heavy atom. The second-order valence-electron chi connectivity index (χ2n) is 4.43. The Kier molecular flexibility index (Phi) is 3.26. The number of aromatic nitrogens is 5. The van der Waals surface area contributed by atoms with Crippen molar-refractivity contribution in [1.29, 1.82) is 0 Å². The lowest BCUT2D eigenvalue weighted by Gasteiger charge is -2.03. The lowest BCUT2D eigenvalue weighted by Crippen LogP contribution is -2.05. The number of aromatic carboxylic acids is 1. The molecule has 0 bridgehead atoms. The average Bonchev–Trinajstić information content (AvgIpc) is 2.77. The van der Waals surface area contributed by atoms with Crippen LogP contribution in [0.3, 0.4) is 0 Å². The first-order valence-corrected chi connectivity index (χ1v) is 6.45. The highest BCUT2D eigenvalue weighted by molar-refractivity contribution is 6.38. The van der Waals surface area contributed by atoms with E-state index in [0.29, 0.717) is 23.3 Å². The van der Waals surface area contributed by atoms with Crippen LogP contribution < -0.4 is 0 Å². The summed E-state index contributed by atoms with van der Waals surface area (Å²) in [6, 6.07) is 0. The number of hydrogen-bond donors (Lipinski definition) is 1. The van der Waals surface area contributed by atoms with Crippen molar-refractivity contribution in [2.24, 2.45) is 0 Å². The van der Waals surface area contributed by atoms with Crippen molar-refractivity contribution in [1.82, 2.24) is 24.7 Å². The van der Waals surface area contributed by atoms with Crippen LogP contribution in [0.1, 0.15) is 21.7 Å². The van der Waals surface area contributed by atoms with Gasteiger partial charge < -0.3 is 5.11 Å². The molecule has 0 atom stereocenters. The van der Waals surface area contributed by atoms with Crippen molar-refractivity contribution in [2.45, 2.75) is 13.5 Å². The molecular formula is C13H10ClN5O2. The Bertz CT molecular complexity index is 831. The number of carboxylic acids is 1. The van der Waals surface area contributed by atoms with Crippen LogP contribution >= 0.6 is 11.6 Å². The molecule has 3 aromatic heterocycles. The summed E-state index contributed by atoms with van der Waals surface area (Å²) in [4.78, 5) is 23.4. The number of aryl methyl sites for hydroxylation is 1. The molecule has 0 saturated heterocycles. The number of nitrogens with zero attached hydrogens (tertiary/aromatic N) is 5. The van der Waals surface area contributed by atoms with Crippen molar-refractivity contribution in [3.05, 3.63) is 46.8 Å². The number of rotatable bonds is 3. The lowest BCUT2D eigenvalue weighted by atomic mass is 10.2. The Labute approximate surface area is 124 Å². The van der Waals surface area contributed by atoms with Gasteiger partial charge in [-0.05, 0) is 6.92 Å². The first-order chi connectivity index (χ1) is 10.1. The fourth-order valence-electron chi connectivity index (χ4n) is 2.10. The van der Waals surface area contributed by atoms with E-state index < -0.39 is 5.97 Å². The zero-order valence-electron chi connectivity index (χ0n) is 11.0. The van der Waals surface area contributed by atoms with E-state index in [4.69, 9.17) is 16.7 Å². The van der Waals surface area contributed by atoms with Gasteiger partial charge in [-0.2, -0.15) is 5.10 Å². The molecule has 0 unspecified atom stereocenters. The van der Waals surface area contributed by atoms with Gasteiger partial charge in [0.25, 0.3) is 0 Å². The van der Waals surface area contributed by atoms with Gasteiger partial charge in [0.2, 0.25) is 0 Å². The molecule has 0 aromatic carbocycles. The van der Waals surface area contributed by atoms with Gasteiger partial charge in [-0.25, -0.2) is 14.5 Å². The van der Waals surface area contributed by atoms with E-state index in [2.05, 4.69) is 20.1 Å². The zero-order valence-corrected chi connectivity index (χ0v) is 11.7. The van der Waals surface area contributed by atoms with E-state index in [0.717, 1.165) is 5.69 Å². The minimum atomic E-state index is -1.12. The molecule has 0 fully saturated rings. The van der Waals surface area contributed by atoms with Crippen LogP contribution in [0, 0.1) is 6.92 Å². The maximum atomic E-state index is 11.1. The molecule has 3 heterocycles. The first kappa shape index (κ1) is 13.4. The molecule has 0 aliphatic heterocycles. The topological polar surface area (TPSA) is 93.8 Å². The molecule has 0 amide bonds. The molecule has 0 radical (unpaired) electrons. The number of halogens is 1. The fraction of sp³-hybridized carbons (Fsp3) is 0.154. The molecule has 0 spiro atoms. The third kappa shape index (κ3) is 2.31. The Balaban J connectivity index is 2.14. The Morgan fingerprint density at radius 2 is 2.14 bits per heavy atom.